The Balaban J connectivity index is 1.43. The van der Waals surface area contributed by atoms with Gasteiger partial charge in [0.05, 0.1) is 12.2 Å². The lowest BCUT2D eigenvalue weighted by Gasteiger charge is -2.37. The van der Waals surface area contributed by atoms with Crippen molar-refractivity contribution in [1.82, 2.24) is 4.90 Å². The molecule has 0 saturated carbocycles. The summed E-state index contributed by atoms with van der Waals surface area (Å²) >= 11 is 0. The number of hydrogen-bond donors (Lipinski definition) is 1. The Bertz CT molecular complexity index is 993. The first-order valence-corrected chi connectivity index (χ1v) is 10.6. The molecule has 2 aromatic carbocycles. The molecule has 0 aliphatic carbocycles. The third kappa shape index (κ3) is 3.70. The highest BCUT2D eigenvalue weighted by Crippen LogP contribution is 2.27. The van der Waals surface area contributed by atoms with Gasteiger partial charge in [0.25, 0.3) is 10.0 Å². The Morgan fingerprint density at radius 3 is 2.56 bits per heavy atom. The third-order valence-electron chi connectivity index (χ3n) is 5.13. The van der Waals surface area contributed by atoms with Crippen LogP contribution in [-0.2, 0) is 10.0 Å². The summed E-state index contributed by atoms with van der Waals surface area (Å²) in [4.78, 5) is 4.89. The molecule has 0 amide bonds. The van der Waals surface area contributed by atoms with E-state index in [0.717, 1.165) is 26.2 Å². The van der Waals surface area contributed by atoms with Crippen molar-refractivity contribution in [3.8, 4) is 0 Å². The van der Waals surface area contributed by atoms with Crippen LogP contribution in [0.3, 0.4) is 0 Å². The Kier molecular flexibility index (Phi) is 4.65. The largest absolute Gasteiger partial charge is 0.369 e. The van der Waals surface area contributed by atoms with Gasteiger partial charge in [0.2, 0.25) is 0 Å². The second-order valence-electron chi connectivity index (χ2n) is 7.19. The minimum atomic E-state index is -3.62. The van der Waals surface area contributed by atoms with Crippen molar-refractivity contribution in [3.05, 3.63) is 53.6 Å². The van der Waals surface area contributed by atoms with Gasteiger partial charge in [-0.1, -0.05) is 24.3 Å². The van der Waals surface area contributed by atoms with Crippen molar-refractivity contribution in [3.63, 3.8) is 0 Å². The minimum absolute atomic E-state index is 0.244. The molecule has 2 aliphatic rings. The maximum Gasteiger partial charge on any atom is 0.286 e. The topological polar surface area (TPSA) is 65.0 Å². The molecule has 1 N–H and O–H groups in total. The summed E-state index contributed by atoms with van der Waals surface area (Å²) in [5.74, 6) is 0.494. The molecule has 4 rings (SSSR count). The molecular formula is C20H24N4O2S. The van der Waals surface area contributed by atoms with Crippen LogP contribution in [0.2, 0.25) is 0 Å². The van der Waals surface area contributed by atoms with E-state index < -0.39 is 10.0 Å². The molecule has 142 valence electrons. The Labute approximate surface area is 160 Å². The van der Waals surface area contributed by atoms with Crippen molar-refractivity contribution >= 4 is 27.2 Å². The fraction of sp³-hybridized carbons (Fsp3) is 0.350. The van der Waals surface area contributed by atoms with Gasteiger partial charge in [-0.3, -0.25) is 4.90 Å². The lowest BCUT2D eigenvalue weighted by molar-refractivity contribution is 0.291. The third-order valence-corrected chi connectivity index (χ3v) is 6.50. The van der Waals surface area contributed by atoms with Gasteiger partial charge in [0, 0.05) is 31.9 Å². The zero-order chi connectivity index (χ0) is 19.0. The van der Waals surface area contributed by atoms with Crippen molar-refractivity contribution in [2.24, 2.45) is 4.40 Å². The van der Waals surface area contributed by atoms with Crippen molar-refractivity contribution in [2.75, 3.05) is 42.9 Å². The van der Waals surface area contributed by atoms with Gasteiger partial charge in [-0.25, -0.2) is 0 Å². The van der Waals surface area contributed by atoms with E-state index in [9.17, 15) is 8.42 Å². The average Bonchev–Trinajstić information content (AvgIpc) is 2.64. The molecule has 1 fully saturated rings. The quantitative estimate of drug-likeness (QED) is 0.881. The van der Waals surface area contributed by atoms with Crippen LogP contribution < -0.4 is 10.2 Å². The summed E-state index contributed by atoms with van der Waals surface area (Å²) in [6.07, 6.45) is 0. The van der Waals surface area contributed by atoms with Crippen LogP contribution in [0.25, 0.3) is 0 Å². The van der Waals surface area contributed by atoms with Crippen molar-refractivity contribution in [1.29, 1.82) is 0 Å². The monoisotopic (exact) mass is 384 g/mol. The molecular weight excluding hydrogens is 360 g/mol. The molecule has 0 radical (unpaired) electrons. The first kappa shape index (κ1) is 18.0. The summed E-state index contributed by atoms with van der Waals surface area (Å²) < 4.78 is 28.7. The van der Waals surface area contributed by atoms with E-state index in [1.165, 1.54) is 16.8 Å². The van der Waals surface area contributed by atoms with Crippen LogP contribution in [0.1, 0.15) is 11.1 Å². The zero-order valence-corrected chi connectivity index (χ0v) is 16.5. The molecule has 0 spiro atoms. The second-order valence-corrected chi connectivity index (χ2v) is 8.76. The number of nitrogens with one attached hydrogen (secondary N) is 1. The fourth-order valence-corrected chi connectivity index (χ4v) is 4.79. The van der Waals surface area contributed by atoms with Crippen LogP contribution in [0.15, 0.2) is 51.8 Å². The molecule has 0 unspecified atom stereocenters. The maximum absolute atomic E-state index is 12.4. The van der Waals surface area contributed by atoms with E-state index in [4.69, 9.17) is 0 Å². The first-order chi connectivity index (χ1) is 12.9. The number of fused-ring (bicyclic) bond motifs is 1. The first-order valence-electron chi connectivity index (χ1n) is 9.17. The predicted molar refractivity (Wildman–Crippen MR) is 109 cm³/mol. The minimum Gasteiger partial charge on any atom is -0.369 e. The maximum atomic E-state index is 12.4. The number of rotatable bonds is 3. The SMILES string of the molecule is Cc1ccc(C)c(N2CCN(CC3=NS(=O)(=O)c4ccccc4N3)CC2)c1. The van der Waals surface area contributed by atoms with Crippen LogP contribution in [0.4, 0.5) is 11.4 Å². The lowest BCUT2D eigenvalue weighted by atomic mass is 10.1. The van der Waals surface area contributed by atoms with Gasteiger partial charge in [0.15, 0.2) is 0 Å². The molecule has 27 heavy (non-hydrogen) atoms. The zero-order valence-electron chi connectivity index (χ0n) is 15.6. The van der Waals surface area contributed by atoms with Gasteiger partial charge in [0.1, 0.15) is 10.7 Å². The van der Waals surface area contributed by atoms with E-state index in [-0.39, 0.29) is 4.90 Å². The summed E-state index contributed by atoms with van der Waals surface area (Å²) in [5.41, 5.74) is 4.45. The molecule has 2 aromatic rings. The summed E-state index contributed by atoms with van der Waals surface area (Å²) in [7, 11) is -3.62. The lowest BCUT2D eigenvalue weighted by Crippen LogP contribution is -2.49. The fourth-order valence-electron chi connectivity index (χ4n) is 3.65. The van der Waals surface area contributed by atoms with Gasteiger partial charge in [-0.15, -0.1) is 4.40 Å². The van der Waals surface area contributed by atoms with Gasteiger partial charge >= 0.3 is 0 Å². The number of para-hydroxylation sites is 1. The van der Waals surface area contributed by atoms with E-state index in [2.05, 4.69) is 51.6 Å². The highest BCUT2D eigenvalue weighted by atomic mass is 32.2. The predicted octanol–water partition coefficient (Wildman–Crippen LogP) is 2.64. The molecule has 2 heterocycles. The van der Waals surface area contributed by atoms with Gasteiger partial charge in [-0.05, 0) is 43.2 Å². The summed E-state index contributed by atoms with van der Waals surface area (Å²) in [5, 5.41) is 3.17. The number of amidine groups is 1. The molecule has 7 heteroatoms. The van der Waals surface area contributed by atoms with E-state index >= 15 is 0 Å². The number of hydrogen-bond acceptors (Lipinski definition) is 5. The molecule has 0 aromatic heterocycles. The molecule has 2 aliphatic heterocycles. The van der Waals surface area contributed by atoms with E-state index in [0.29, 0.717) is 18.1 Å². The highest BCUT2D eigenvalue weighted by Gasteiger charge is 2.26. The number of benzene rings is 2. The summed E-state index contributed by atoms with van der Waals surface area (Å²) in [6.45, 7) is 8.34. The standard InChI is InChI=1S/C20H24N4O2S/c1-15-7-8-16(2)18(13-15)24-11-9-23(10-12-24)14-20-21-17-5-3-4-6-19(17)27(25,26)22-20/h3-8,13H,9-12,14H2,1-2H3,(H,21,22). The highest BCUT2D eigenvalue weighted by molar-refractivity contribution is 7.90. The number of anilines is 2. The molecule has 0 atom stereocenters. The van der Waals surface area contributed by atoms with E-state index in [1.807, 2.05) is 6.07 Å². The Hall–Kier alpha value is -2.38. The molecule has 1 saturated heterocycles. The number of piperazine rings is 1. The normalized spacial score (nSPS) is 19.2. The van der Waals surface area contributed by atoms with E-state index in [1.54, 1.807) is 18.2 Å². The van der Waals surface area contributed by atoms with Crippen molar-refractivity contribution in [2.45, 2.75) is 18.7 Å². The van der Waals surface area contributed by atoms with Crippen LogP contribution >= 0.6 is 0 Å². The number of nitrogens with zero attached hydrogens (tertiary/aromatic N) is 3. The molecule has 6 nitrogen and oxygen atoms in total. The Morgan fingerprint density at radius 1 is 1.04 bits per heavy atom. The van der Waals surface area contributed by atoms with Crippen LogP contribution in [-0.4, -0.2) is 51.9 Å². The van der Waals surface area contributed by atoms with Gasteiger partial charge in [-0.2, -0.15) is 8.42 Å². The van der Waals surface area contributed by atoms with Crippen LogP contribution in [0.5, 0.6) is 0 Å². The number of sulfonamides is 1. The van der Waals surface area contributed by atoms with Crippen molar-refractivity contribution < 1.29 is 8.42 Å². The summed E-state index contributed by atoms with van der Waals surface area (Å²) in [6, 6.07) is 13.4. The smallest absolute Gasteiger partial charge is 0.286 e. The molecule has 0 bridgehead atoms. The van der Waals surface area contributed by atoms with Gasteiger partial charge < -0.3 is 10.2 Å². The average molecular weight is 385 g/mol. The number of aryl methyl sites for hydroxylation is 2. The van der Waals surface area contributed by atoms with Crippen LogP contribution in [0, 0.1) is 13.8 Å². The second kappa shape index (κ2) is 6.98. The Morgan fingerprint density at radius 2 is 1.78 bits per heavy atom.